The van der Waals surface area contributed by atoms with E-state index in [1.807, 2.05) is 36.4 Å². The molecule has 0 amide bonds. The van der Waals surface area contributed by atoms with Crippen LogP contribution >= 0.6 is 0 Å². The summed E-state index contributed by atoms with van der Waals surface area (Å²) in [6.45, 7) is 7.45. The Morgan fingerprint density at radius 3 is 1.75 bits per heavy atom. The van der Waals surface area contributed by atoms with Crippen LogP contribution in [0.5, 0.6) is 11.5 Å². The van der Waals surface area contributed by atoms with Crippen molar-refractivity contribution in [3.8, 4) is 22.6 Å². The van der Waals surface area contributed by atoms with Gasteiger partial charge in [0.25, 0.3) is 0 Å². The van der Waals surface area contributed by atoms with E-state index < -0.39 is 12.1 Å². The molecule has 0 aromatic heterocycles. The van der Waals surface area contributed by atoms with Gasteiger partial charge in [0, 0.05) is 12.2 Å². The van der Waals surface area contributed by atoms with Crippen LogP contribution in [0.3, 0.4) is 0 Å². The lowest BCUT2D eigenvalue weighted by atomic mass is 10.0. The van der Waals surface area contributed by atoms with Gasteiger partial charge in [0.1, 0.15) is 17.6 Å². The molecule has 0 spiro atoms. The van der Waals surface area contributed by atoms with E-state index in [2.05, 4.69) is 13.8 Å². The van der Waals surface area contributed by atoms with Crippen molar-refractivity contribution in [1.29, 1.82) is 0 Å². The van der Waals surface area contributed by atoms with Gasteiger partial charge in [-0.1, -0.05) is 83.1 Å². The van der Waals surface area contributed by atoms with Crippen LogP contribution in [-0.4, -0.2) is 31.1 Å². The third kappa shape index (κ3) is 10.3. The smallest absolute Gasteiger partial charge is 0.343 e. The Balaban J connectivity index is 1.46. The Kier molecular flexibility index (Phi) is 13.4. The van der Waals surface area contributed by atoms with E-state index in [0.717, 1.165) is 49.2 Å². The maximum absolute atomic E-state index is 12.7. The summed E-state index contributed by atoms with van der Waals surface area (Å²) in [6.07, 6.45) is 10.1. The number of benzene rings is 3. The zero-order valence-corrected chi connectivity index (χ0v) is 24.3. The van der Waals surface area contributed by atoms with Crippen LogP contribution in [0.2, 0.25) is 0 Å². The summed E-state index contributed by atoms with van der Waals surface area (Å²) in [5.74, 6) is 0.733. The highest BCUT2D eigenvalue weighted by atomic mass is 16.5. The van der Waals surface area contributed by atoms with Gasteiger partial charge in [-0.25, -0.2) is 4.79 Å². The zero-order valence-electron chi connectivity index (χ0n) is 24.3. The maximum Gasteiger partial charge on any atom is 0.343 e. The summed E-state index contributed by atoms with van der Waals surface area (Å²) < 4.78 is 17.1. The number of hydrogen-bond donors (Lipinski definition) is 0. The summed E-state index contributed by atoms with van der Waals surface area (Å²) >= 11 is 0. The van der Waals surface area contributed by atoms with Gasteiger partial charge >= 0.3 is 5.97 Å². The molecule has 5 heteroatoms. The Morgan fingerprint density at radius 2 is 1.10 bits per heavy atom. The third-order valence-corrected chi connectivity index (χ3v) is 6.91. The minimum Gasteiger partial charge on any atom is -0.494 e. The van der Waals surface area contributed by atoms with E-state index in [-0.39, 0.29) is 5.78 Å². The molecule has 3 aromatic rings. The van der Waals surface area contributed by atoms with Crippen molar-refractivity contribution in [2.24, 2.45) is 0 Å². The van der Waals surface area contributed by atoms with Gasteiger partial charge in [-0.3, -0.25) is 4.79 Å². The molecule has 3 rings (SSSR count). The zero-order chi connectivity index (χ0) is 28.6. The first-order valence-corrected chi connectivity index (χ1v) is 14.8. The molecule has 0 aliphatic heterocycles. The largest absolute Gasteiger partial charge is 0.494 e. The van der Waals surface area contributed by atoms with Crippen molar-refractivity contribution in [3.63, 3.8) is 0 Å². The summed E-state index contributed by atoms with van der Waals surface area (Å²) in [4.78, 5) is 25.3. The lowest BCUT2D eigenvalue weighted by molar-refractivity contribution is 0.0465. The molecule has 0 fully saturated rings. The molecule has 0 aliphatic carbocycles. The first kappa shape index (κ1) is 31.1. The highest BCUT2D eigenvalue weighted by Gasteiger charge is 2.16. The standard InChI is InChI=1S/C35H44O5/c1-4-6-8-9-10-12-26-39-32-21-17-29(18-22-32)28-13-15-31(16-14-28)35(37)40-33-23-19-30(20-24-33)34(36)27(3)38-25-11-7-5-2/h13-24,27H,4-12,25-26H2,1-3H3. The SMILES string of the molecule is CCCCCCCCOc1ccc(-c2ccc(C(=O)Oc3ccc(C(=O)C(C)OCCCCC)cc3)cc2)cc1. The van der Waals surface area contributed by atoms with Crippen LogP contribution in [0.15, 0.2) is 72.8 Å². The number of ketones is 1. The number of Topliss-reactive ketones (excluding diaryl/α,β-unsaturated/α-hetero) is 1. The van der Waals surface area contributed by atoms with Crippen molar-refractivity contribution in [1.82, 2.24) is 0 Å². The predicted molar refractivity (Wildman–Crippen MR) is 161 cm³/mol. The fourth-order valence-corrected chi connectivity index (χ4v) is 4.39. The Bertz CT molecular complexity index is 1150. The average molecular weight is 545 g/mol. The normalized spacial score (nSPS) is 11.7. The molecule has 1 unspecified atom stereocenters. The molecule has 214 valence electrons. The monoisotopic (exact) mass is 544 g/mol. The molecule has 0 aliphatic rings. The second kappa shape index (κ2) is 17.3. The Morgan fingerprint density at radius 1 is 0.600 bits per heavy atom. The van der Waals surface area contributed by atoms with Crippen LogP contribution < -0.4 is 9.47 Å². The molecule has 40 heavy (non-hydrogen) atoms. The van der Waals surface area contributed by atoms with Gasteiger partial charge in [-0.05, 0) is 79.4 Å². The van der Waals surface area contributed by atoms with Crippen LogP contribution in [0.1, 0.15) is 99.3 Å². The maximum atomic E-state index is 12.7. The van der Waals surface area contributed by atoms with E-state index in [4.69, 9.17) is 14.2 Å². The molecule has 1 atom stereocenters. The Hall–Kier alpha value is -3.44. The van der Waals surface area contributed by atoms with Gasteiger partial charge in [-0.15, -0.1) is 0 Å². The molecule has 0 heterocycles. The fraction of sp³-hybridized carbons (Fsp3) is 0.429. The molecule has 0 N–H and O–H groups in total. The number of carbonyl (C=O) groups is 2. The van der Waals surface area contributed by atoms with Crippen molar-refractivity contribution < 1.29 is 23.8 Å². The summed E-state index contributed by atoms with van der Waals surface area (Å²) in [5.41, 5.74) is 3.05. The minimum absolute atomic E-state index is 0.0811. The van der Waals surface area contributed by atoms with Crippen molar-refractivity contribution in [2.45, 2.75) is 84.7 Å². The fourth-order valence-electron chi connectivity index (χ4n) is 4.39. The van der Waals surface area contributed by atoms with E-state index in [1.165, 1.54) is 32.1 Å². The van der Waals surface area contributed by atoms with Crippen molar-refractivity contribution in [3.05, 3.63) is 83.9 Å². The molecule has 0 saturated heterocycles. The van der Waals surface area contributed by atoms with Crippen LogP contribution in [0.4, 0.5) is 0 Å². The van der Waals surface area contributed by atoms with Gasteiger partial charge in [0.05, 0.1) is 12.2 Å². The Labute approximate surface area is 239 Å². The molecule has 0 bridgehead atoms. The van der Waals surface area contributed by atoms with Gasteiger partial charge in [-0.2, -0.15) is 0 Å². The van der Waals surface area contributed by atoms with Crippen molar-refractivity contribution >= 4 is 11.8 Å². The highest BCUT2D eigenvalue weighted by Crippen LogP contribution is 2.24. The number of hydrogen-bond acceptors (Lipinski definition) is 5. The molecule has 0 saturated carbocycles. The lowest BCUT2D eigenvalue weighted by Crippen LogP contribution is -2.21. The van der Waals surface area contributed by atoms with Gasteiger partial charge < -0.3 is 14.2 Å². The van der Waals surface area contributed by atoms with Crippen LogP contribution in [0.25, 0.3) is 11.1 Å². The lowest BCUT2D eigenvalue weighted by Gasteiger charge is -2.12. The first-order chi connectivity index (χ1) is 19.5. The van der Waals surface area contributed by atoms with Gasteiger partial charge in [0.2, 0.25) is 0 Å². The van der Waals surface area contributed by atoms with Crippen LogP contribution in [-0.2, 0) is 4.74 Å². The topological polar surface area (TPSA) is 61.8 Å². The third-order valence-electron chi connectivity index (χ3n) is 6.91. The molecule has 3 aromatic carbocycles. The molecular weight excluding hydrogens is 500 g/mol. The number of unbranched alkanes of at least 4 members (excludes halogenated alkanes) is 7. The second-order valence-corrected chi connectivity index (χ2v) is 10.2. The summed E-state index contributed by atoms with van der Waals surface area (Å²) in [6, 6.07) is 22.0. The minimum atomic E-state index is -0.502. The summed E-state index contributed by atoms with van der Waals surface area (Å²) in [5, 5.41) is 0. The van der Waals surface area contributed by atoms with Gasteiger partial charge in [0.15, 0.2) is 5.78 Å². The first-order valence-electron chi connectivity index (χ1n) is 14.8. The summed E-state index contributed by atoms with van der Waals surface area (Å²) in [7, 11) is 0. The number of carbonyl (C=O) groups excluding carboxylic acids is 2. The van der Waals surface area contributed by atoms with E-state index in [0.29, 0.717) is 23.5 Å². The molecule has 5 nitrogen and oxygen atoms in total. The molecular formula is C35H44O5. The number of esters is 1. The molecule has 0 radical (unpaired) electrons. The van der Waals surface area contributed by atoms with Crippen LogP contribution in [0, 0.1) is 0 Å². The van der Waals surface area contributed by atoms with Crippen molar-refractivity contribution in [2.75, 3.05) is 13.2 Å². The predicted octanol–water partition coefficient (Wildman–Crippen LogP) is 9.09. The average Bonchev–Trinajstić information content (AvgIpc) is 2.99. The van der Waals surface area contributed by atoms with E-state index in [9.17, 15) is 9.59 Å². The highest BCUT2D eigenvalue weighted by molar-refractivity contribution is 5.99. The van der Waals surface area contributed by atoms with E-state index >= 15 is 0 Å². The van der Waals surface area contributed by atoms with E-state index in [1.54, 1.807) is 43.3 Å². The second-order valence-electron chi connectivity index (χ2n) is 10.2. The number of ether oxygens (including phenoxy) is 3. The number of rotatable bonds is 18. The quantitative estimate of drug-likeness (QED) is 0.0692.